The summed E-state index contributed by atoms with van der Waals surface area (Å²) >= 11 is 3.16. The standard InChI is InChI=1S/C16H15BrFNO2/c1-10-5-8-12(21-10)9-19(11-6-7-11)16(20)13-3-2-4-14(18)15(13)17/h2-5,8,11H,6-7,9H2,1H3. The molecule has 1 saturated carbocycles. The molecule has 0 atom stereocenters. The van der Waals surface area contributed by atoms with Crippen LogP contribution in [0.1, 0.15) is 34.7 Å². The molecule has 0 radical (unpaired) electrons. The molecule has 21 heavy (non-hydrogen) atoms. The summed E-state index contributed by atoms with van der Waals surface area (Å²) in [5.41, 5.74) is 0.352. The minimum atomic E-state index is -0.426. The van der Waals surface area contributed by atoms with Crippen molar-refractivity contribution in [3.05, 3.63) is 57.7 Å². The second kappa shape index (κ2) is 5.64. The third kappa shape index (κ3) is 3.02. The van der Waals surface area contributed by atoms with E-state index in [2.05, 4.69) is 15.9 Å². The zero-order valence-electron chi connectivity index (χ0n) is 11.6. The molecule has 0 N–H and O–H groups in total. The topological polar surface area (TPSA) is 33.5 Å². The van der Waals surface area contributed by atoms with Crippen LogP contribution in [-0.2, 0) is 6.54 Å². The summed E-state index contributed by atoms with van der Waals surface area (Å²) in [4.78, 5) is 14.5. The van der Waals surface area contributed by atoms with Gasteiger partial charge in [0, 0.05) is 6.04 Å². The average molecular weight is 352 g/mol. The van der Waals surface area contributed by atoms with Crippen molar-refractivity contribution in [3.63, 3.8) is 0 Å². The third-order valence-electron chi connectivity index (χ3n) is 3.55. The van der Waals surface area contributed by atoms with Crippen molar-refractivity contribution in [3.8, 4) is 0 Å². The highest BCUT2D eigenvalue weighted by atomic mass is 79.9. The molecule has 1 aliphatic rings. The molecule has 0 bridgehead atoms. The van der Waals surface area contributed by atoms with Crippen LogP contribution in [-0.4, -0.2) is 16.8 Å². The van der Waals surface area contributed by atoms with Gasteiger partial charge in [-0.3, -0.25) is 4.79 Å². The average Bonchev–Trinajstić information content (AvgIpc) is 3.22. The summed E-state index contributed by atoms with van der Waals surface area (Å²) in [7, 11) is 0. The molecule has 1 aliphatic carbocycles. The van der Waals surface area contributed by atoms with Gasteiger partial charge in [0.25, 0.3) is 5.91 Å². The lowest BCUT2D eigenvalue weighted by atomic mass is 10.2. The van der Waals surface area contributed by atoms with Crippen LogP contribution in [0.4, 0.5) is 4.39 Å². The molecule has 5 heteroatoms. The molecule has 1 amide bonds. The Bertz CT molecular complexity index is 679. The number of amides is 1. The fraction of sp³-hybridized carbons (Fsp3) is 0.312. The van der Waals surface area contributed by atoms with Crippen molar-refractivity contribution in [2.75, 3.05) is 0 Å². The van der Waals surface area contributed by atoms with Gasteiger partial charge in [-0.2, -0.15) is 0 Å². The Morgan fingerprint density at radius 2 is 2.14 bits per heavy atom. The van der Waals surface area contributed by atoms with Crippen LogP contribution in [0.2, 0.25) is 0 Å². The van der Waals surface area contributed by atoms with E-state index in [9.17, 15) is 9.18 Å². The Labute approximate surface area is 130 Å². The van der Waals surface area contributed by atoms with E-state index in [0.717, 1.165) is 24.4 Å². The van der Waals surface area contributed by atoms with Gasteiger partial charge in [-0.15, -0.1) is 0 Å². The summed E-state index contributed by atoms with van der Waals surface area (Å²) in [6, 6.07) is 8.49. The number of carbonyl (C=O) groups excluding carboxylic acids is 1. The van der Waals surface area contributed by atoms with E-state index in [1.807, 2.05) is 19.1 Å². The molecule has 1 aromatic heterocycles. The molecular formula is C16H15BrFNO2. The van der Waals surface area contributed by atoms with Gasteiger partial charge in [-0.1, -0.05) is 6.07 Å². The normalized spacial score (nSPS) is 14.2. The Balaban J connectivity index is 1.87. The van der Waals surface area contributed by atoms with Crippen molar-refractivity contribution >= 4 is 21.8 Å². The SMILES string of the molecule is Cc1ccc(CN(C(=O)c2cccc(F)c2Br)C2CC2)o1. The number of hydrogen-bond donors (Lipinski definition) is 0. The van der Waals surface area contributed by atoms with Crippen LogP contribution in [0.3, 0.4) is 0 Å². The largest absolute Gasteiger partial charge is 0.464 e. The zero-order chi connectivity index (χ0) is 15.0. The maximum Gasteiger partial charge on any atom is 0.255 e. The van der Waals surface area contributed by atoms with Gasteiger partial charge in [0.15, 0.2) is 0 Å². The molecule has 3 nitrogen and oxygen atoms in total. The number of halogens is 2. The van der Waals surface area contributed by atoms with Crippen molar-refractivity contribution in [1.29, 1.82) is 0 Å². The highest BCUT2D eigenvalue weighted by molar-refractivity contribution is 9.10. The predicted octanol–water partition coefficient (Wildman–Crippen LogP) is 4.29. The number of carbonyl (C=O) groups is 1. The van der Waals surface area contributed by atoms with Gasteiger partial charge < -0.3 is 9.32 Å². The number of nitrogens with zero attached hydrogens (tertiary/aromatic N) is 1. The van der Waals surface area contributed by atoms with Crippen molar-refractivity contribution in [2.24, 2.45) is 0 Å². The van der Waals surface area contributed by atoms with Gasteiger partial charge in [0.1, 0.15) is 17.3 Å². The molecule has 1 heterocycles. The summed E-state index contributed by atoms with van der Waals surface area (Å²) < 4.78 is 19.4. The molecule has 0 saturated heterocycles. The first kappa shape index (κ1) is 14.3. The smallest absolute Gasteiger partial charge is 0.255 e. The summed E-state index contributed by atoms with van der Waals surface area (Å²) in [5.74, 6) is 0.976. The lowest BCUT2D eigenvalue weighted by Crippen LogP contribution is -2.32. The highest BCUT2D eigenvalue weighted by Gasteiger charge is 2.34. The van der Waals surface area contributed by atoms with Crippen molar-refractivity contribution in [1.82, 2.24) is 4.90 Å². The first-order chi connectivity index (χ1) is 10.1. The number of benzene rings is 1. The summed E-state index contributed by atoms with van der Waals surface area (Å²) in [6.07, 6.45) is 1.97. The zero-order valence-corrected chi connectivity index (χ0v) is 13.2. The van der Waals surface area contributed by atoms with E-state index in [4.69, 9.17) is 4.42 Å². The van der Waals surface area contributed by atoms with Crippen molar-refractivity contribution < 1.29 is 13.6 Å². The predicted molar refractivity (Wildman–Crippen MR) is 80.4 cm³/mol. The molecule has 0 unspecified atom stereocenters. The maximum atomic E-state index is 13.6. The summed E-state index contributed by atoms with van der Waals surface area (Å²) in [6.45, 7) is 2.29. The molecule has 0 aliphatic heterocycles. The molecule has 110 valence electrons. The minimum Gasteiger partial charge on any atom is -0.464 e. The van der Waals surface area contributed by atoms with E-state index in [1.54, 1.807) is 17.0 Å². The Kier molecular flexibility index (Phi) is 3.85. The number of furan rings is 1. The van der Waals surface area contributed by atoms with E-state index < -0.39 is 5.82 Å². The number of aryl methyl sites for hydroxylation is 1. The molecule has 1 aromatic carbocycles. The van der Waals surface area contributed by atoms with Crippen LogP contribution in [0, 0.1) is 12.7 Å². The van der Waals surface area contributed by atoms with Crippen LogP contribution in [0.15, 0.2) is 39.2 Å². The maximum absolute atomic E-state index is 13.6. The van der Waals surface area contributed by atoms with Gasteiger partial charge in [-0.25, -0.2) is 4.39 Å². The van der Waals surface area contributed by atoms with E-state index in [0.29, 0.717) is 12.1 Å². The van der Waals surface area contributed by atoms with E-state index >= 15 is 0 Å². The molecule has 3 rings (SSSR count). The summed E-state index contributed by atoms with van der Waals surface area (Å²) in [5, 5.41) is 0. The van der Waals surface area contributed by atoms with Gasteiger partial charge in [-0.05, 0) is 60.0 Å². The molecular weight excluding hydrogens is 337 g/mol. The molecule has 1 fully saturated rings. The number of hydrogen-bond acceptors (Lipinski definition) is 2. The van der Waals surface area contributed by atoms with Gasteiger partial charge >= 0.3 is 0 Å². The first-order valence-corrected chi connectivity index (χ1v) is 7.66. The quantitative estimate of drug-likeness (QED) is 0.822. The van der Waals surface area contributed by atoms with Crippen LogP contribution >= 0.6 is 15.9 Å². The third-order valence-corrected chi connectivity index (χ3v) is 4.36. The highest BCUT2D eigenvalue weighted by Crippen LogP contribution is 2.32. The van der Waals surface area contributed by atoms with Crippen LogP contribution in [0.5, 0.6) is 0 Å². The van der Waals surface area contributed by atoms with E-state index in [-0.39, 0.29) is 16.4 Å². The molecule has 2 aromatic rings. The number of rotatable bonds is 4. The van der Waals surface area contributed by atoms with Crippen LogP contribution < -0.4 is 0 Å². The Morgan fingerprint density at radius 3 is 2.76 bits per heavy atom. The molecule has 0 spiro atoms. The lowest BCUT2D eigenvalue weighted by Gasteiger charge is -2.22. The fourth-order valence-corrected chi connectivity index (χ4v) is 2.75. The fourth-order valence-electron chi connectivity index (χ4n) is 2.31. The van der Waals surface area contributed by atoms with E-state index in [1.165, 1.54) is 6.07 Å². The Hall–Kier alpha value is -1.62. The van der Waals surface area contributed by atoms with Crippen LogP contribution in [0.25, 0.3) is 0 Å². The van der Waals surface area contributed by atoms with Gasteiger partial charge in [0.05, 0.1) is 16.6 Å². The van der Waals surface area contributed by atoms with Crippen molar-refractivity contribution in [2.45, 2.75) is 32.4 Å². The minimum absolute atomic E-state index is 0.169. The second-order valence-electron chi connectivity index (χ2n) is 5.28. The first-order valence-electron chi connectivity index (χ1n) is 6.86. The second-order valence-corrected chi connectivity index (χ2v) is 6.07. The lowest BCUT2D eigenvalue weighted by molar-refractivity contribution is 0.0715. The monoisotopic (exact) mass is 351 g/mol. The Morgan fingerprint density at radius 1 is 1.38 bits per heavy atom. The van der Waals surface area contributed by atoms with Gasteiger partial charge in [0.2, 0.25) is 0 Å².